The molecule has 5 nitrogen and oxygen atoms in total. The summed E-state index contributed by atoms with van der Waals surface area (Å²) in [5, 5.41) is 3.65. The average molecular weight is 336 g/mol. The molecule has 126 valence electrons. The fraction of sp³-hybridized carbons (Fsp3) is 0.647. The first-order chi connectivity index (χ1) is 11.0. The second-order valence-corrected chi connectivity index (χ2v) is 7.61. The summed E-state index contributed by atoms with van der Waals surface area (Å²) in [6, 6.07) is 0.473. The molecule has 1 N–H and O–H groups in total. The fourth-order valence-corrected chi connectivity index (χ4v) is 4.20. The number of thiophene rings is 1. The lowest BCUT2D eigenvalue weighted by molar-refractivity contribution is -0.117. The van der Waals surface area contributed by atoms with E-state index >= 15 is 0 Å². The lowest BCUT2D eigenvalue weighted by atomic mass is 10.0. The Morgan fingerprint density at radius 1 is 1.39 bits per heavy atom. The highest BCUT2D eigenvalue weighted by Gasteiger charge is 2.34. The zero-order valence-electron chi connectivity index (χ0n) is 14.0. The van der Waals surface area contributed by atoms with Gasteiger partial charge in [0, 0.05) is 29.9 Å². The summed E-state index contributed by atoms with van der Waals surface area (Å²) < 4.78 is 5.23. The standard InChI is InChI=1S/C17H24N2O3S/c1-4-22-17(21)14-12-7-8-19(10(2)3)9-13(12)23-16(14)18-15(20)11-5-6-11/h10-11H,4-9H2,1-3H3,(H,18,20). The molecule has 1 saturated carbocycles. The largest absolute Gasteiger partial charge is 0.462 e. The van der Waals surface area contributed by atoms with Crippen molar-refractivity contribution in [2.45, 2.75) is 52.6 Å². The third-order valence-corrected chi connectivity index (χ3v) is 5.61. The van der Waals surface area contributed by atoms with Gasteiger partial charge in [0.05, 0.1) is 12.2 Å². The average Bonchev–Trinajstić information content (AvgIpc) is 3.28. The zero-order valence-corrected chi connectivity index (χ0v) is 14.8. The Hall–Kier alpha value is -1.40. The van der Waals surface area contributed by atoms with Crippen LogP contribution >= 0.6 is 11.3 Å². The molecule has 1 aliphatic carbocycles. The molecule has 23 heavy (non-hydrogen) atoms. The molecule has 6 heteroatoms. The number of ether oxygens (including phenoxy) is 1. The first-order valence-electron chi connectivity index (χ1n) is 8.37. The van der Waals surface area contributed by atoms with Crippen molar-refractivity contribution in [1.29, 1.82) is 0 Å². The van der Waals surface area contributed by atoms with Crippen LogP contribution in [-0.4, -0.2) is 36.0 Å². The molecule has 0 saturated heterocycles. The minimum absolute atomic E-state index is 0.0369. The van der Waals surface area contributed by atoms with E-state index in [1.807, 2.05) is 0 Å². The van der Waals surface area contributed by atoms with E-state index in [0.717, 1.165) is 37.9 Å². The molecule has 2 heterocycles. The molecule has 0 unspecified atom stereocenters. The van der Waals surface area contributed by atoms with E-state index in [1.165, 1.54) is 16.2 Å². The minimum Gasteiger partial charge on any atom is -0.462 e. The predicted octanol–water partition coefficient (Wildman–Crippen LogP) is 3.04. The van der Waals surface area contributed by atoms with Gasteiger partial charge in [0.2, 0.25) is 5.91 Å². The van der Waals surface area contributed by atoms with Crippen molar-refractivity contribution in [2.24, 2.45) is 5.92 Å². The van der Waals surface area contributed by atoms with Gasteiger partial charge < -0.3 is 10.1 Å². The number of carbonyl (C=O) groups is 2. The van der Waals surface area contributed by atoms with Crippen LogP contribution in [0.25, 0.3) is 0 Å². The van der Waals surface area contributed by atoms with Gasteiger partial charge in [-0.2, -0.15) is 0 Å². The third kappa shape index (κ3) is 3.43. The van der Waals surface area contributed by atoms with Gasteiger partial charge in [0.1, 0.15) is 5.00 Å². The first kappa shape index (κ1) is 16.5. The lowest BCUT2D eigenvalue weighted by Crippen LogP contribution is -2.35. The number of carbonyl (C=O) groups excluding carboxylic acids is 2. The maximum atomic E-state index is 12.4. The normalized spacial score (nSPS) is 17.9. The van der Waals surface area contributed by atoms with Gasteiger partial charge in [0.25, 0.3) is 0 Å². The molecular weight excluding hydrogens is 312 g/mol. The van der Waals surface area contributed by atoms with Gasteiger partial charge in [-0.15, -0.1) is 11.3 Å². The van der Waals surface area contributed by atoms with Crippen LogP contribution in [0.3, 0.4) is 0 Å². The maximum absolute atomic E-state index is 12.4. The van der Waals surface area contributed by atoms with Crippen molar-refractivity contribution in [3.05, 3.63) is 16.0 Å². The van der Waals surface area contributed by atoms with Gasteiger partial charge in [-0.05, 0) is 45.6 Å². The molecular formula is C17H24N2O3S. The van der Waals surface area contributed by atoms with E-state index in [9.17, 15) is 9.59 Å². The molecule has 0 aromatic carbocycles. The van der Waals surface area contributed by atoms with Crippen LogP contribution in [0.1, 0.15) is 54.4 Å². The van der Waals surface area contributed by atoms with E-state index in [4.69, 9.17) is 4.74 Å². The molecule has 1 aromatic rings. The number of esters is 1. The summed E-state index contributed by atoms with van der Waals surface area (Å²) in [5.74, 6) is -0.153. The third-order valence-electron chi connectivity index (χ3n) is 4.48. The van der Waals surface area contributed by atoms with E-state index in [-0.39, 0.29) is 17.8 Å². The molecule has 0 spiro atoms. The number of fused-ring (bicyclic) bond motifs is 1. The summed E-state index contributed by atoms with van der Waals surface area (Å²) in [6.07, 6.45) is 2.73. The van der Waals surface area contributed by atoms with Gasteiger partial charge in [0.15, 0.2) is 0 Å². The Kier molecular flexibility index (Phi) is 4.73. The number of rotatable bonds is 5. The van der Waals surface area contributed by atoms with Crippen LogP contribution in [0.2, 0.25) is 0 Å². The molecule has 1 aromatic heterocycles. The summed E-state index contributed by atoms with van der Waals surface area (Å²) in [7, 11) is 0. The van der Waals surface area contributed by atoms with Gasteiger partial charge >= 0.3 is 5.97 Å². The smallest absolute Gasteiger partial charge is 0.341 e. The molecule has 0 bridgehead atoms. The highest BCUT2D eigenvalue weighted by atomic mass is 32.1. The zero-order chi connectivity index (χ0) is 16.6. The van der Waals surface area contributed by atoms with Crippen LogP contribution in [0.5, 0.6) is 0 Å². The molecule has 2 aliphatic rings. The molecule has 1 fully saturated rings. The highest BCUT2D eigenvalue weighted by Crippen LogP contribution is 2.39. The molecule has 0 atom stereocenters. The van der Waals surface area contributed by atoms with Crippen molar-refractivity contribution in [3.8, 4) is 0 Å². The van der Waals surface area contributed by atoms with Crippen molar-refractivity contribution >= 4 is 28.2 Å². The molecule has 1 amide bonds. The second-order valence-electron chi connectivity index (χ2n) is 6.51. The number of nitrogens with zero attached hydrogens (tertiary/aromatic N) is 1. The number of anilines is 1. The van der Waals surface area contributed by atoms with Crippen LogP contribution in [0, 0.1) is 5.92 Å². The van der Waals surface area contributed by atoms with Crippen molar-refractivity contribution < 1.29 is 14.3 Å². The molecule has 1 aliphatic heterocycles. The molecule has 0 radical (unpaired) electrons. The Morgan fingerprint density at radius 3 is 2.74 bits per heavy atom. The van der Waals surface area contributed by atoms with Gasteiger partial charge in [-0.1, -0.05) is 0 Å². The second kappa shape index (κ2) is 6.61. The van der Waals surface area contributed by atoms with Crippen LogP contribution in [-0.2, 0) is 22.5 Å². The summed E-state index contributed by atoms with van der Waals surface area (Å²) in [5.41, 5.74) is 1.65. The summed E-state index contributed by atoms with van der Waals surface area (Å²) >= 11 is 1.54. The monoisotopic (exact) mass is 336 g/mol. The summed E-state index contributed by atoms with van der Waals surface area (Å²) in [6.45, 7) is 8.28. The Morgan fingerprint density at radius 2 is 2.13 bits per heavy atom. The number of hydrogen-bond acceptors (Lipinski definition) is 5. The van der Waals surface area contributed by atoms with E-state index < -0.39 is 0 Å². The Labute approximate surface area is 141 Å². The predicted molar refractivity (Wildman–Crippen MR) is 90.9 cm³/mol. The summed E-state index contributed by atoms with van der Waals surface area (Å²) in [4.78, 5) is 28.1. The number of nitrogens with one attached hydrogen (secondary N) is 1. The van der Waals surface area contributed by atoms with Crippen LogP contribution < -0.4 is 5.32 Å². The Balaban J connectivity index is 1.90. The van der Waals surface area contributed by atoms with Crippen LogP contribution in [0.15, 0.2) is 0 Å². The van der Waals surface area contributed by atoms with E-state index in [0.29, 0.717) is 23.2 Å². The topological polar surface area (TPSA) is 58.6 Å². The van der Waals surface area contributed by atoms with Crippen LogP contribution in [0.4, 0.5) is 5.00 Å². The first-order valence-corrected chi connectivity index (χ1v) is 9.19. The maximum Gasteiger partial charge on any atom is 0.341 e. The van der Waals surface area contributed by atoms with E-state index in [1.54, 1.807) is 6.92 Å². The SMILES string of the molecule is CCOC(=O)c1c(NC(=O)C2CC2)sc2c1CCN(C(C)C)C2. The van der Waals surface area contributed by atoms with Crippen molar-refractivity contribution in [1.82, 2.24) is 4.90 Å². The Bertz CT molecular complexity index is 620. The van der Waals surface area contributed by atoms with Crippen molar-refractivity contribution in [3.63, 3.8) is 0 Å². The minimum atomic E-state index is -0.311. The number of amides is 1. The lowest BCUT2D eigenvalue weighted by Gasteiger charge is -2.30. The van der Waals surface area contributed by atoms with E-state index in [2.05, 4.69) is 24.1 Å². The van der Waals surface area contributed by atoms with Gasteiger partial charge in [-0.3, -0.25) is 9.69 Å². The van der Waals surface area contributed by atoms with Crippen molar-refractivity contribution in [2.75, 3.05) is 18.5 Å². The quantitative estimate of drug-likeness (QED) is 0.840. The molecule has 3 rings (SSSR count). The highest BCUT2D eigenvalue weighted by molar-refractivity contribution is 7.17. The fourth-order valence-electron chi connectivity index (χ4n) is 2.93. The number of hydrogen-bond donors (Lipinski definition) is 1. The van der Waals surface area contributed by atoms with Gasteiger partial charge in [-0.25, -0.2) is 4.79 Å².